The summed E-state index contributed by atoms with van der Waals surface area (Å²) in [6.07, 6.45) is 3.73. The predicted molar refractivity (Wildman–Crippen MR) is 121 cm³/mol. The van der Waals surface area contributed by atoms with E-state index >= 15 is 0 Å². The van der Waals surface area contributed by atoms with Crippen LogP contribution < -0.4 is 10.9 Å². The van der Waals surface area contributed by atoms with Gasteiger partial charge in [-0.1, -0.05) is 37.7 Å². The molecule has 0 bridgehead atoms. The van der Waals surface area contributed by atoms with Gasteiger partial charge in [0.25, 0.3) is 5.56 Å². The van der Waals surface area contributed by atoms with E-state index in [9.17, 15) is 9.59 Å². The van der Waals surface area contributed by atoms with E-state index < -0.39 is 0 Å². The van der Waals surface area contributed by atoms with Gasteiger partial charge in [0, 0.05) is 10.6 Å². The molecule has 2 unspecified atom stereocenters. The van der Waals surface area contributed by atoms with E-state index in [2.05, 4.69) is 17.2 Å². The molecule has 0 spiro atoms. The van der Waals surface area contributed by atoms with Crippen LogP contribution in [0.5, 0.6) is 0 Å². The average Bonchev–Trinajstić information content (AvgIpc) is 3.03. The number of carbonyl (C=O) groups is 1. The Morgan fingerprint density at radius 3 is 3.03 bits per heavy atom. The first kappa shape index (κ1) is 20.2. The molecule has 1 aliphatic rings. The molecule has 5 nitrogen and oxygen atoms in total. The number of nitrogens with one attached hydrogen (secondary N) is 2. The van der Waals surface area contributed by atoms with Gasteiger partial charge in [-0.3, -0.25) is 9.59 Å². The highest BCUT2D eigenvalue weighted by Crippen LogP contribution is 2.36. The first-order chi connectivity index (χ1) is 13.9. The van der Waals surface area contributed by atoms with Gasteiger partial charge in [0.15, 0.2) is 5.16 Å². The van der Waals surface area contributed by atoms with E-state index in [0.29, 0.717) is 17.5 Å². The van der Waals surface area contributed by atoms with Crippen LogP contribution in [0.4, 0.5) is 5.69 Å². The third kappa shape index (κ3) is 4.26. The molecule has 152 valence electrons. The number of rotatable bonds is 5. The molecular weight excluding hydrogens is 402 g/mol. The fourth-order valence-corrected chi connectivity index (χ4v) is 6.13. The molecule has 2 atom stereocenters. The summed E-state index contributed by atoms with van der Waals surface area (Å²) in [4.78, 5) is 35.2. The van der Waals surface area contributed by atoms with Crippen molar-refractivity contribution in [2.45, 2.75) is 56.9 Å². The van der Waals surface area contributed by atoms with Crippen molar-refractivity contribution in [3.8, 4) is 0 Å². The molecule has 0 fully saturated rings. The van der Waals surface area contributed by atoms with Crippen LogP contribution in [0.15, 0.2) is 34.2 Å². The first-order valence-corrected chi connectivity index (χ1v) is 11.7. The van der Waals surface area contributed by atoms with Gasteiger partial charge < -0.3 is 10.3 Å². The number of anilines is 1. The van der Waals surface area contributed by atoms with E-state index in [4.69, 9.17) is 4.98 Å². The summed E-state index contributed by atoms with van der Waals surface area (Å²) in [6.45, 7) is 6.22. The van der Waals surface area contributed by atoms with Gasteiger partial charge in [-0.15, -0.1) is 11.3 Å². The normalized spacial score (nSPS) is 17.1. The Hall–Kier alpha value is -2.12. The monoisotopic (exact) mass is 427 g/mol. The van der Waals surface area contributed by atoms with Crippen LogP contribution in [0, 0.1) is 12.8 Å². The lowest BCUT2D eigenvalue weighted by Gasteiger charge is -2.17. The number of nitrogens with zero attached hydrogens (tertiary/aromatic N) is 1. The zero-order valence-electron chi connectivity index (χ0n) is 16.9. The Kier molecular flexibility index (Phi) is 5.79. The number of carbonyl (C=O) groups excluding carboxylic acids is 1. The molecule has 3 aromatic rings. The number of aromatic amines is 1. The quantitative estimate of drug-likeness (QED) is 0.447. The Morgan fingerprint density at radius 2 is 2.28 bits per heavy atom. The van der Waals surface area contributed by atoms with E-state index in [1.54, 1.807) is 11.3 Å². The maximum absolute atomic E-state index is 12.8. The molecule has 2 aromatic heterocycles. The smallest absolute Gasteiger partial charge is 0.260 e. The summed E-state index contributed by atoms with van der Waals surface area (Å²) in [6, 6.07) is 7.74. The Balaban J connectivity index is 1.57. The Bertz CT molecular complexity index is 1120. The number of aryl methyl sites for hydroxylation is 2. The molecule has 1 aliphatic carbocycles. The van der Waals surface area contributed by atoms with Crippen LogP contribution in [0.25, 0.3) is 10.2 Å². The molecular formula is C22H25N3O2S2. The third-order valence-electron chi connectivity index (χ3n) is 5.35. The number of H-pyrrole nitrogens is 1. The van der Waals surface area contributed by atoms with Gasteiger partial charge in [0.2, 0.25) is 5.91 Å². The molecule has 0 saturated heterocycles. The molecule has 0 radical (unpaired) electrons. The van der Waals surface area contributed by atoms with E-state index in [-0.39, 0.29) is 16.7 Å². The van der Waals surface area contributed by atoms with Crippen molar-refractivity contribution in [3.63, 3.8) is 0 Å². The van der Waals surface area contributed by atoms with E-state index in [1.165, 1.54) is 22.2 Å². The fourth-order valence-electron chi connectivity index (χ4n) is 3.79. The third-order valence-corrected chi connectivity index (χ3v) is 7.74. The van der Waals surface area contributed by atoms with Crippen molar-refractivity contribution < 1.29 is 4.79 Å². The minimum Gasteiger partial charge on any atom is -0.325 e. The number of aromatic nitrogens is 2. The highest BCUT2D eigenvalue weighted by atomic mass is 32.2. The predicted octanol–water partition coefficient (Wildman–Crippen LogP) is 4.93. The number of hydrogen-bond acceptors (Lipinski definition) is 5. The fraction of sp³-hybridized carbons (Fsp3) is 0.409. The average molecular weight is 428 g/mol. The minimum atomic E-state index is -0.328. The van der Waals surface area contributed by atoms with Crippen LogP contribution in [0.2, 0.25) is 0 Å². The lowest BCUT2D eigenvalue weighted by Crippen LogP contribution is -2.25. The Labute approximate surface area is 178 Å². The highest BCUT2D eigenvalue weighted by molar-refractivity contribution is 8.00. The van der Waals surface area contributed by atoms with Gasteiger partial charge in [0.1, 0.15) is 4.83 Å². The number of benzene rings is 1. The summed E-state index contributed by atoms with van der Waals surface area (Å²) < 4.78 is 0. The molecule has 4 rings (SSSR count). The lowest BCUT2D eigenvalue weighted by molar-refractivity contribution is -0.115. The van der Waals surface area contributed by atoms with Crippen molar-refractivity contribution in [1.82, 2.24) is 9.97 Å². The summed E-state index contributed by atoms with van der Waals surface area (Å²) in [5.74, 6) is 0.573. The summed E-state index contributed by atoms with van der Waals surface area (Å²) in [7, 11) is 0. The van der Waals surface area contributed by atoms with Crippen LogP contribution >= 0.6 is 23.1 Å². The minimum absolute atomic E-state index is 0.0786. The number of thiophene rings is 1. The topological polar surface area (TPSA) is 74.8 Å². The van der Waals surface area contributed by atoms with Gasteiger partial charge in [-0.05, 0) is 61.8 Å². The zero-order valence-corrected chi connectivity index (χ0v) is 18.5. The zero-order chi connectivity index (χ0) is 20.5. The molecule has 2 heterocycles. The van der Waals surface area contributed by atoms with Gasteiger partial charge in [-0.2, -0.15) is 0 Å². The van der Waals surface area contributed by atoms with E-state index in [1.807, 2.05) is 38.1 Å². The second-order valence-corrected chi connectivity index (χ2v) is 10.1. The van der Waals surface area contributed by atoms with Crippen molar-refractivity contribution in [3.05, 3.63) is 50.6 Å². The van der Waals surface area contributed by atoms with E-state index in [0.717, 1.165) is 40.7 Å². The van der Waals surface area contributed by atoms with Crippen molar-refractivity contribution in [1.29, 1.82) is 0 Å². The lowest BCUT2D eigenvalue weighted by atomic mass is 9.89. The molecule has 7 heteroatoms. The molecule has 1 aromatic carbocycles. The summed E-state index contributed by atoms with van der Waals surface area (Å²) in [5.41, 5.74) is 2.97. The number of fused-ring (bicyclic) bond motifs is 3. The standard InChI is InChI=1S/C22H25N3O2S2/c1-4-16(19(26)23-14-7-5-6-12(2)10-14)29-22-24-20(27)18-15-9-8-13(3)11-17(15)28-21(18)25-22/h5-7,10,13,16H,4,8-9,11H2,1-3H3,(H,23,26)(H,24,25,27). The van der Waals surface area contributed by atoms with Gasteiger partial charge in [0.05, 0.1) is 10.6 Å². The first-order valence-electron chi connectivity index (χ1n) is 10.0. The summed E-state index contributed by atoms with van der Waals surface area (Å²) in [5, 5.41) is 3.91. The van der Waals surface area contributed by atoms with Crippen LogP contribution in [0.1, 0.15) is 42.7 Å². The largest absolute Gasteiger partial charge is 0.325 e. The molecule has 29 heavy (non-hydrogen) atoms. The second kappa shape index (κ2) is 8.32. The van der Waals surface area contributed by atoms with Crippen molar-refractivity contribution >= 4 is 44.9 Å². The van der Waals surface area contributed by atoms with Crippen molar-refractivity contribution in [2.24, 2.45) is 5.92 Å². The molecule has 0 saturated carbocycles. The SMILES string of the molecule is CCC(Sc1nc2sc3c(c2c(=O)[nH]1)CCC(C)C3)C(=O)Nc1cccc(C)c1. The van der Waals surface area contributed by atoms with Crippen LogP contribution in [-0.4, -0.2) is 21.1 Å². The number of thioether (sulfide) groups is 1. The number of hydrogen-bond donors (Lipinski definition) is 2. The highest BCUT2D eigenvalue weighted by Gasteiger charge is 2.24. The van der Waals surface area contributed by atoms with Crippen molar-refractivity contribution in [2.75, 3.05) is 5.32 Å². The summed E-state index contributed by atoms with van der Waals surface area (Å²) >= 11 is 2.96. The molecule has 2 N–H and O–H groups in total. The van der Waals surface area contributed by atoms with Gasteiger partial charge >= 0.3 is 0 Å². The maximum atomic E-state index is 12.8. The number of amides is 1. The molecule has 1 amide bonds. The molecule has 0 aliphatic heterocycles. The second-order valence-electron chi connectivity index (χ2n) is 7.78. The Morgan fingerprint density at radius 1 is 1.45 bits per heavy atom. The van der Waals surface area contributed by atoms with Crippen LogP contribution in [0.3, 0.4) is 0 Å². The van der Waals surface area contributed by atoms with Crippen LogP contribution in [-0.2, 0) is 17.6 Å². The van der Waals surface area contributed by atoms with Gasteiger partial charge in [-0.25, -0.2) is 4.98 Å². The maximum Gasteiger partial charge on any atom is 0.260 e.